The zero-order chi connectivity index (χ0) is 14.1. The van der Waals surface area contributed by atoms with Crippen LogP contribution in [-0.2, 0) is 4.79 Å². The van der Waals surface area contributed by atoms with Gasteiger partial charge in [-0.25, -0.2) is 0 Å². The lowest BCUT2D eigenvalue weighted by atomic mass is 9.86. The molecule has 0 bridgehead atoms. The van der Waals surface area contributed by atoms with E-state index in [-0.39, 0.29) is 35.8 Å². The molecule has 1 amide bonds. The molecule has 0 aromatic heterocycles. The van der Waals surface area contributed by atoms with Gasteiger partial charge in [0, 0.05) is 12.5 Å². The number of hydrogen-bond acceptors (Lipinski definition) is 3. The second-order valence-electron chi connectivity index (χ2n) is 7.30. The molecule has 2 rings (SSSR count). The first-order chi connectivity index (χ1) is 8.85. The standard InChI is InChI=1S/C15H28N2O2.ClH/c1-11(18)8-14(2,3)10-17-13(19)12-9-15(12)4-6-16-7-5-15;/h11-12,16,18H,4-10H2,1-3H3,(H,17,19);1H. The van der Waals surface area contributed by atoms with E-state index in [9.17, 15) is 9.90 Å². The number of aliphatic hydroxyl groups is 1. The van der Waals surface area contributed by atoms with Gasteiger partial charge >= 0.3 is 0 Å². The highest BCUT2D eigenvalue weighted by Gasteiger charge is 2.57. The van der Waals surface area contributed by atoms with Crippen molar-refractivity contribution < 1.29 is 9.90 Å². The Hall–Kier alpha value is -0.320. The molecule has 5 heteroatoms. The lowest BCUT2D eigenvalue weighted by molar-refractivity contribution is -0.123. The Balaban J connectivity index is 0.00000200. The van der Waals surface area contributed by atoms with Crippen molar-refractivity contribution in [1.29, 1.82) is 0 Å². The van der Waals surface area contributed by atoms with Crippen LogP contribution in [0.4, 0.5) is 0 Å². The zero-order valence-corrected chi connectivity index (χ0v) is 13.7. The summed E-state index contributed by atoms with van der Waals surface area (Å²) in [5, 5.41) is 15.9. The third kappa shape index (κ3) is 4.34. The highest BCUT2D eigenvalue weighted by Crippen LogP contribution is 2.58. The van der Waals surface area contributed by atoms with Crippen LogP contribution in [0.15, 0.2) is 0 Å². The van der Waals surface area contributed by atoms with Gasteiger partial charge in [0.25, 0.3) is 0 Å². The van der Waals surface area contributed by atoms with Crippen molar-refractivity contribution in [3.63, 3.8) is 0 Å². The average Bonchev–Trinajstić information content (AvgIpc) is 2.99. The summed E-state index contributed by atoms with van der Waals surface area (Å²) in [6, 6.07) is 0. The largest absolute Gasteiger partial charge is 0.393 e. The fraction of sp³-hybridized carbons (Fsp3) is 0.933. The molecule has 2 fully saturated rings. The van der Waals surface area contributed by atoms with E-state index in [1.54, 1.807) is 6.92 Å². The van der Waals surface area contributed by atoms with E-state index >= 15 is 0 Å². The van der Waals surface area contributed by atoms with Crippen LogP contribution in [0.5, 0.6) is 0 Å². The summed E-state index contributed by atoms with van der Waals surface area (Å²) >= 11 is 0. The van der Waals surface area contributed by atoms with E-state index in [1.165, 1.54) is 0 Å². The number of aliphatic hydroxyl groups excluding tert-OH is 1. The van der Waals surface area contributed by atoms with Crippen molar-refractivity contribution in [3.05, 3.63) is 0 Å². The predicted molar refractivity (Wildman–Crippen MR) is 83.0 cm³/mol. The summed E-state index contributed by atoms with van der Waals surface area (Å²) in [6.45, 7) is 8.74. The molecule has 1 saturated carbocycles. The number of nitrogens with one attached hydrogen (secondary N) is 2. The molecule has 1 heterocycles. The molecule has 1 aliphatic carbocycles. The smallest absolute Gasteiger partial charge is 0.223 e. The zero-order valence-electron chi connectivity index (χ0n) is 12.9. The maximum Gasteiger partial charge on any atom is 0.223 e. The van der Waals surface area contributed by atoms with Crippen molar-refractivity contribution in [1.82, 2.24) is 10.6 Å². The predicted octanol–water partition coefficient (Wildman–Crippen LogP) is 1.71. The highest BCUT2D eigenvalue weighted by molar-refractivity contribution is 5.85. The van der Waals surface area contributed by atoms with Gasteiger partial charge in [-0.05, 0) is 56.5 Å². The lowest BCUT2D eigenvalue weighted by Gasteiger charge is -2.27. The molecule has 3 N–H and O–H groups in total. The second-order valence-corrected chi connectivity index (χ2v) is 7.30. The topological polar surface area (TPSA) is 61.4 Å². The van der Waals surface area contributed by atoms with Crippen LogP contribution >= 0.6 is 12.4 Å². The first kappa shape index (κ1) is 17.7. The number of halogens is 1. The minimum absolute atomic E-state index is 0. The molecule has 1 saturated heterocycles. The Morgan fingerprint density at radius 1 is 1.45 bits per heavy atom. The number of amides is 1. The summed E-state index contributed by atoms with van der Waals surface area (Å²) in [7, 11) is 0. The van der Waals surface area contributed by atoms with Crippen LogP contribution in [0.1, 0.15) is 46.5 Å². The van der Waals surface area contributed by atoms with Crippen LogP contribution in [0, 0.1) is 16.7 Å². The summed E-state index contributed by atoms with van der Waals surface area (Å²) in [6.07, 6.45) is 3.75. The highest BCUT2D eigenvalue weighted by atomic mass is 35.5. The van der Waals surface area contributed by atoms with Crippen molar-refractivity contribution in [2.24, 2.45) is 16.7 Å². The van der Waals surface area contributed by atoms with Crippen molar-refractivity contribution in [2.75, 3.05) is 19.6 Å². The Bertz CT molecular complexity index is 339. The number of rotatable bonds is 5. The normalized spacial score (nSPS) is 25.7. The van der Waals surface area contributed by atoms with Gasteiger partial charge in [0.2, 0.25) is 5.91 Å². The molecule has 4 nitrogen and oxygen atoms in total. The fourth-order valence-corrected chi connectivity index (χ4v) is 3.52. The third-order valence-corrected chi connectivity index (χ3v) is 4.69. The van der Waals surface area contributed by atoms with E-state index in [4.69, 9.17) is 0 Å². The van der Waals surface area contributed by atoms with Crippen LogP contribution in [0.2, 0.25) is 0 Å². The number of carbonyl (C=O) groups is 1. The van der Waals surface area contributed by atoms with E-state index in [1.807, 2.05) is 0 Å². The molecular formula is C15H29ClN2O2. The molecule has 2 aliphatic rings. The van der Waals surface area contributed by atoms with Crippen molar-refractivity contribution >= 4 is 18.3 Å². The van der Waals surface area contributed by atoms with Crippen LogP contribution in [0.3, 0.4) is 0 Å². The summed E-state index contributed by atoms with van der Waals surface area (Å²) in [5.41, 5.74) is 0.268. The van der Waals surface area contributed by atoms with E-state index in [0.717, 1.165) is 32.4 Å². The molecule has 0 aromatic rings. The number of carbonyl (C=O) groups excluding carboxylic acids is 1. The fourth-order valence-electron chi connectivity index (χ4n) is 3.52. The Morgan fingerprint density at radius 3 is 2.60 bits per heavy atom. The molecule has 0 radical (unpaired) electrons. The summed E-state index contributed by atoms with van der Waals surface area (Å²) < 4.78 is 0. The molecule has 2 atom stereocenters. The first-order valence-corrected chi connectivity index (χ1v) is 7.51. The summed E-state index contributed by atoms with van der Waals surface area (Å²) in [5.74, 6) is 0.456. The minimum atomic E-state index is -0.316. The van der Waals surface area contributed by atoms with E-state index in [0.29, 0.717) is 18.4 Å². The molecule has 20 heavy (non-hydrogen) atoms. The Morgan fingerprint density at radius 2 is 2.05 bits per heavy atom. The molecule has 118 valence electrons. The second kappa shape index (κ2) is 6.63. The van der Waals surface area contributed by atoms with Gasteiger partial charge in [0.05, 0.1) is 6.10 Å². The summed E-state index contributed by atoms with van der Waals surface area (Å²) in [4.78, 5) is 12.2. The van der Waals surface area contributed by atoms with E-state index < -0.39 is 0 Å². The van der Waals surface area contributed by atoms with Gasteiger partial charge in [-0.3, -0.25) is 4.79 Å². The average molecular weight is 305 g/mol. The molecule has 1 spiro atoms. The van der Waals surface area contributed by atoms with Crippen molar-refractivity contribution in [2.45, 2.75) is 52.6 Å². The van der Waals surface area contributed by atoms with Crippen LogP contribution < -0.4 is 10.6 Å². The minimum Gasteiger partial charge on any atom is -0.393 e. The van der Waals surface area contributed by atoms with Gasteiger partial charge in [0.1, 0.15) is 0 Å². The van der Waals surface area contributed by atoms with E-state index in [2.05, 4.69) is 24.5 Å². The quantitative estimate of drug-likeness (QED) is 0.725. The van der Waals surface area contributed by atoms with Gasteiger partial charge in [-0.2, -0.15) is 0 Å². The Kier molecular flexibility index (Phi) is 5.88. The lowest BCUT2D eigenvalue weighted by Crippen LogP contribution is -2.38. The number of piperidine rings is 1. The maximum absolute atomic E-state index is 12.2. The SMILES string of the molecule is CC(O)CC(C)(C)CNC(=O)C1CC12CCNCC2.Cl. The Labute approximate surface area is 128 Å². The first-order valence-electron chi connectivity index (χ1n) is 7.51. The molecule has 2 unspecified atom stereocenters. The molecule has 0 aromatic carbocycles. The van der Waals surface area contributed by atoms with Gasteiger partial charge in [-0.15, -0.1) is 12.4 Å². The van der Waals surface area contributed by atoms with Gasteiger partial charge < -0.3 is 15.7 Å². The maximum atomic E-state index is 12.2. The third-order valence-electron chi connectivity index (χ3n) is 4.69. The van der Waals surface area contributed by atoms with Gasteiger partial charge in [0.15, 0.2) is 0 Å². The monoisotopic (exact) mass is 304 g/mol. The number of hydrogen-bond donors (Lipinski definition) is 3. The molecular weight excluding hydrogens is 276 g/mol. The van der Waals surface area contributed by atoms with Crippen molar-refractivity contribution in [3.8, 4) is 0 Å². The van der Waals surface area contributed by atoms with Crippen LogP contribution in [-0.4, -0.2) is 36.8 Å². The van der Waals surface area contributed by atoms with Crippen LogP contribution in [0.25, 0.3) is 0 Å². The molecule has 1 aliphatic heterocycles. The van der Waals surface area contributed by atoms with Gasteiger partial charge in [-0.1, -0.05) is 13.8 Å².